The van der Waals surface area contributed by atoms with Crippen LogP contribution < -0.4 is 4.72 Å². The van der Waals surface area contributed by atoms with E-state index in [1.807, 2.05) is 13.8 Å². The Balaban J connectivity index is 2.15. The van der Waals surface area contributed by atoms with E-state index in [1.165, 1.54) is 12.1 Å². The van der Waals surface area contributed by atoms with Gasteiger partial charge in [-0.2, -0.15) is 0 Å². The zero-order chi connectivity index (χ0) is 15.5. The van der Waals surface area contributed by atoms with E-state index in [-0.39, 0.29) is 17.0 Å². The summed E-state index contributed by atoms with van der Waals surface area (Å²) >= 11 is 0. The second-order valence-corrected chi connectivity index (χ2v) is 7.17. The molecule has 0 radical (unpaired) electrons. The second-order valence-electron chi connectivity index (χ2n) is 5.46. The van der Waals surface area contributed by atoms with Gasteiger partial charge in [0.25, 0.3) is 0 Å². The number of rotatable bonds is 6. The molecule has 0 aliphatic carbocycles. The molecule has 0 saturated carbocycles. The lowest BCUT2D eigenvalue weighted by Gasteiger charge is -2.20. The van der Waals surface area contributed by atoms with Crippen LogP contribution in [0.1, 0.15) is 44.8 Å². The maximum absolute atomic E-state index is 12.4. The van der Waals surface area contributed by atoms with Crippen LogP contribution in [0.15, 0.2) is 29.2 Å². The number of benzene rings is 1. The molecular formula is C15H23NO4S. The molecular weight excluding hydrogens is 290 g/mol. The van der Waals surface area contributed by atoms with Crippen molar-refractivity contribution in [3.63, 3.8) is 0 Å². The zero-order valence-electron chi connectivity index (χ0n) is 12.5. The molecule has 1 saturated heterocycles. The standard InChI is InChI=1S/C15H23NO4S/c1-3-14(17)12-6-4-7-13(10-12)21(18,19)16-11(2)15-8-5-9-20-15/h4,6-7,10-11,14-17H,3,5,8-9H2,1-2H3. The van der Waals surface area contributed by atoms with Crippen LogP contribution in [0.3, 0.4) is 0 Å². The van der Waals surface area contributed by atoms with Gasteiger partial charge in [-0.3, -0.25) is 0 Å². The van der Waals surface area contributed by atoms with Crippen LogP contribution in [0, 0.1) is 0 Å². The first kappa shape index (κ1) is 16.4. The maximum Gasteiger partial charge on any atom is 0.240 e. The molecule has 21 heavy (non-hydrogen) atoms. The fourth-order valence-corrected chi connectivity index (χ4v) is 3.84. The van der Waals surface area contributed by atoms with E-state index in [0.717, 1.165) is 12.8 Å². The van der Waals surface area contributed by atoms with Gasteiger partial charge >= 0.3 is 0 Å². The van der Waals surface area contributed by atoms with Gasteiger partial charge in [-0.05, 0) is 43.9 Å². The third-order valence-corrected chi connectivity index (χ3v) is 5.36. The smallest absolute Gasteiger partial charge is 0.240 e. The van der Waals surface area contributed by atoms with Crippen molar-refractivity contribution in [2.75, 3.05) is 6.61 Å². The van der Waals surface area contributed by atoms with E-state index in [0.29, 0.717) is 18.6 Å². The van der Waals surface area contributed by atoms with Crippen molar-refractivity contribution >= 4 is 10.0 Å². The molecule has 1 aromatic carbocycles. The SMILES string of the molecule is CCC(O)c1cccc(S(=O)(=O)NC(C)C2CCCO2)c1. The van der Waals surface area contributed by atoms with E-state index in [2.05, 4.69) is 4.72 Å². The monoisotopic (exact) mass is 313 g/mol. The Kier molecular flexibility index (Phi) is 5.37. The summed E-state index contributed by atoms with van der Waals surface area (Å²) in [7, 11) is -3.60. The summed E-state index contributed by atoms with van der Waals surface area (Å²) in [4.78, 5) is 0.178. The van der Waals surface area contributed by atoms with Crippen LogP contribution in [0.2, 0.25) is 0 Å². The first-order valence-electron chi connectivity index (χ1n) is 7.36. The van der Waals surface area contributed by atoms with E-state index < -0.39 is 16.1 Å². The summed E-state index contributed by atoms with van der Waals surface area (Å²) in [6.07, 6.45) is 1.68. The highest BCUT2D eigenvalue weighted by atomic mass is 32.2. The topological polar surface area (TPSA) is 75.6 Å². The molecule has 1 fully saturated rings. The van der Waals surface area contributed by atoms with Crippen molar-refractivity contribution in [2.45, 2.75) is 56.3 Å². The van der Waals surface area contributed by atoms with Crippen molar-refractivity contribution in [1.29, 1.82) is 0 Å². The summed E-state index contributed by atoms with van der Waals surface area (Å²) < 4.78 is 33.0. The van der Waals surface area contributed by atoms with E-state index in [9.17, 15) is 13.5 Å². The summed E-state index contributed by atoms with van der Waals surface area (Å²) in [6, 6.07) is 6.18. The Morgan fingerprint density at radius 1 is 1.48 bits per heavy atom. The Hall–Kier alpha value is -0.950. The van der Waals surface area contributed by atoms with Crippen molar-refractivity contribution in [3.8, 4) is 0 Å². The van der Waals surface area contributed by atoms with Crippen LogP contribution in [-0.2, 0) is 14.8 Å². The van der Waals surface area contributed by atoms with Crippen molar-refractivity contribution in [2.24, 2.45) is 0 Å². The van der Waals surface area contributed by atoms with Gasteiger partial charge in [-0.1, -0.05) is 19.1 Å². The Bertz CT molecular complexity index is 567. The number of aliphatic hydroxyl groups is 1. The van der Waals surface area contributed by atoms with E-state index >= 15 is 0 Å². The average molecular weight is 313 g/mol. The van der Waals surface area contributed by atoms with Gasteiger partial charge in [0.1, 0.15) is 0 Å². The molecule has 5 nitrogen and oxygen atoms in total. The Morgan fingerprint density at radius 2 is 2.24 bits per heavy atom. The molecule has 0 aromatic heterocycles. The van der Waals surface area contributed by atoms with Crippen LogP contribution in [0.5, 0.6) is 0 Å². The van der Waals surface area contributed by atoms with Crippen LogP contribution >= 0.6 is 0 Å². The van der Waals surface area contributed by atoms with Gasteiger partial charge in [0.15, 0.2) is 0 Å². The summed E-state index contributed by atoms with van der Waals surface area (Å²) in [5.74, 6) is 0. The third kappa shape index (κ3) is 4.03. The van der Waals surface area contributed by atoms with Gasteiger partial charge in [-0.25, -0.2) is 13.1 Å². The number of sulfonamides is 1. The molecule has 118 valence electrons. The molecule has 0 bridgehead atoms. The fourth-order valence-electron chi connectivity index (χ4n) is 2.51. The summed E-state index contributed by atoms with van der Waals surface area (Å²) in [6.45, 7) is 4.36. The molecule has 3 unspecified atom stereocenters. The van der Waals surface area contributed by atoms with Gasteiger partial charge in [0, 0.05) is 12.6 Å². The van der Waals surface area contributed by atoms with E-state index in [1.54, 1.807) is 12.1 Å². The average Bonchev–Trinajstić information content (AvgIpc) is 3.00. The predicted molar refractivity (Wildman–Crippen MR) is 80.5 cm³/mol. The number of hydrogen-bond donors (Lipinski definition) is 2. The lowest BCUT2D eigenvalue weighted by atomic mass is 10.1. The minimum absolute atomic E-state index is 0.0656. The minimum atomic E-state index is -3.60. The molecule has 1 aliphatic rings. The lowest BCUT2D eigenvalue weighted by Crippen LogP contribution is -2.40. The molecule has 6 heteroatoms. The number of hydrogen-bond acceptors (Lipinski definition) is 4. The first-order chi connectivity index (χ1) is 9.94. The molecule has 2 N–H and O–H groups in total. The van der Waals surface area contributed by atoms with Crippen LogP contribution in [0.4, 0.5) is 0 Å². The number of aliphatic hydroxyl groups excluding tert-OH is 1. The first-order valence-corrected chi connectivity index (χ1v) is 8.84. The predicted octanol–water partition coefficient (Wildman–Crippen LogP) is 1.98. The molecule has 0 spiro atoms. The highest BCUT2D eigenvalue weighted by Crippen LogP contribution is 2.21. The maximum atomic E-state index is 12.4. The molecule has 1 aromatic rings. The zero-order valence-corrected chi connectivity index (χ0v) is 13.3. The quantitative estimate of drug-likeness (QED) is 0.842. The Labute approximate surface area is 126 Å². The van der Waals surface area contributed by atoms with Crippen molar-refractivity contribution < 1.29 is 18.3 Å². The lowest BCUT2D eigenvalue weighted by molar-refractivity contribution is 0.0902. The largest absolute Gasteiger partial charge is 0.388 e. The van der Waals surface area contributed by atoms with Gasteiger partial charge in [-0.15, -0.1) is 0 Å². The molecule has 0 amide bonds. The molecule has 2 rings (SSSR count). The van der Waals surface area contributed by atoms with E-state index in [4.69, 9.17) is 4.74 Å². The number of ether oxygens (including phenoxy) is 1. The van der Waals surface area contributed by atoms with Crippen LogP contribution in [-0.4, -0.2) is 32.3 Å². The molecule has 1 heterocycles. The summed E-state index contributed by atoms with van der Waals surface area (Å²) in [5, 5.41) is 9.84. The highest BCUT2D eigenvalue weighted by molar-refractivity contribution is 7.89. The van der Waals surface area contributed by atoms with Crippen molar-refractivity contribution in [3.05, 3.63) is 29.8 Å². The Morgan fingerprint density at radius 3 is 2.86 bits per heavy atom. The van der Waals surface area contributed by atoms with Gasteiger partial charge < -0.3 is 9.84 Å². The molecule has 3 atom stereocenters. The minimum Gasteiger partial charge on any atom is -0.388 e. The van der Waals surface area contributed by atoms with Gasteiger partial charge in [0.05, 0.1) is 17.1 Å². The summed E-state index contributed by atoms with van der Waals surface area (Å²) in [5.41, 5.74) is 0.616. The van der Waals surface area contributed by atoms with Gasteiger partial charge in [0.2, 0.25) is 10.0 Å². The van der Waals surface area contributed by atoms with Crippen LogP contribution in [0.25, 0.3) is 0 Å². The highest BCUT2D eigenvalue weighted by Gasteiger charge is 2.27. The third-order valence-electron chi connectivity index (χ3n) is 3.80. The van der Waals surface area contributed by atoms with Crippen molar-refractivity contribution in [1.82, 2.24) is 4.72 Å². The molecule has 1 aliphatic heterocycles. The number of nitrogens with one attached hydrogen (secondary N) is 1. The normalized spacial score (nSPS) is 22.1. The fraction of sp³-hybridized carbons (Fsp3) is 0.600. The second kappa shape index (κ2) is 6.87.